The molecule has 2 heterocycles. The van der Waals surface area contributed by atoms with Crippen LogP contribution in [-0.2, 0) is 5.54 Å². The molecule has 4 rings (SSSR count). The van der Waals surface area contributed by atoms with Crippen molar-refractivity contribution in [2.75, 3.05) is 0 Å². The molecular formula is C20H19N3S. The lowest BCUT2D eigenvalue weighted by atomic mass is 10.1. The number of benzene rings is 2. The average molecular weight is 333 g/mol. The van der Waals surface area contributed by atoms with Gasteiger partial charge in [0.25, 0.3) is 0 Å². The number of hydrogen-bond acceptors (Lipinski definition) is 3. The zero-order valence-corrected chi connectivity index (χ0v) is 14.8. The Kier molecular flexibility index (Phi) is 3.50. The van der Waals surface area contributed by atoms with Crippen LogP contribution >= 0.6 is 11.3 Å². The van der Waals surface area contributed by atoms with Crippen LogP contribution in [0, 0.1) is 0 Å². The summed E-state index contributed by atoms with van der Waals surface area (Å²) in [6.45, 7) is 6.46. The summed E-state index contributed by atoms with van der Waals surface area (Å²) < 4.78 is 3.22. The summed E-state index contributed by atoms with van der Waals surface area (Å²) in [6.07, 6.45) is 2.04. The minimum atomic E-state index is -0.0110. The zero-order chi connectivity index (χ0) is 16.7. The third-order valence-electron chi connectivity index (χ3n) is 3.98. The first-order valence-electron chi connectivity index (χ1n) is 8.03. The number of fused-ring (bicyclic) bond motifs is 1. The van der Waals surface area contributed by atoms with Crippen molar-refractivity contribution in [2.45, 2.75) is 26.3 Å². The second-order valence-corrected chi connectivity index (χ2v) is 7.91. The molecule has 0 unspecified atom stereocenters. The maximum absolute atomic E-state index is 4.76. The fourth-order valence-electron chi connectivity index (χ4n) is 2.66. The van der Waals surface area contributed by atoms with Gasteiger partial charge in [0.15, 0.2) is 0 Å². The van der Waals surface area contributed by atoms with Crippen molar-refractivity contribution in [3.05, 3.63) is 60.8 Å². The number of para-hydroxylation sites is 1. The van der Waals surface area contributed by atoms with Crippen molar-refractivity contribution in [1.82, 2.24) is 14.8 Å². The number of rotatable bonds is 2. The number of aromatic nitrogens is 3. The molecule has 0 spiro atoms. The molecule has 0 fully saturated rings. The van der Waals surface area contributed by atoms with Gasteiger partial charge in [-0.3, -0.25) is 4.68 Å². The molecule has 24 heavy (non-hydrogen) atoms. The molecule has 120 valence electrons. The van der Waals surface area contributed by atoms with Crippen LogP contribution in [0.5, 0.6) is 0 Å². The Morgan fingerprint density at radius 1 is 0.917 bits per heavy atom. The number of hydrogen-bond donors (Lipinski definition) is 0. The molecule has 4 heteroatoms. The highest BCUT2D eigenvalue weighted by Crippen LogP contribution is 2.32. The molecule has 0 aliphatic carbocycles. The zero-order valence-electron chi connectivity index (χ0n) is 14.0. The predicted octanol–water partition coefficient (Wildman–Crippen LogP) is 5.58. The minimum absolute atomic E-state index is 0.0110. The van der Waals surface area contributed by atoms with Crippen LogP contribution in [0.2, 0.25) is 0 Å². The summed E-state index contributed by atoms with van der Waals surface area (Å²) in [7, 11) is 0. The Morgan fingerprint density at radius 2 is 1.71 bits per heavy atom. The normalized spacial score (nSPS) is 12.0. The van der Waals surface area contributed by atoms with Gasteiger partial charge in [-0.25, -0.2) is 4.98 Å². The Balaban J connectivity index is 1.74. The van der Waals surface area contributed by atoms with Crippen LogP contribution in [0.15, 0.2) is 60.8 Å². The second-order valence-electron chi connectivity index (χ2n) is 6.88. The van der Waals surface area contributed by atoms with Crippen LogP contribution in [0.25, 0.3) is 32.0 Å². The molecule has 0 N–H and O–H groups in total. The summed E-state index contributed by atoms with van der Waals surface area (Å²) in [6, 6.07) is 18.8. The average Bonchev–Trinajstić information content (AvgIpc) is 3.21. The van der Waals surface area contributed by atoms with E-state index in [1.165, 1.54) is 4.70 Å². The van der Waals surface area contributed by atoms with Gasteiger partial charge in [-0.2, -0.15) is 5.10 Å². The van der Waals surface area contributed by atoms with E-state index in [0.29, 0.717) is 0 Å². The standard InChI is InChI=1S/C20H19N3S/c1-20(2,3)23-12-11-16(22-23)14-7-6-8-15(13-14)19-21-17-9-4-5-10-18(17)24-19/h4-13H,1-3H3. The molecule has 0 bridgehead atoms. The van der Waals surface area contributed by atoms with Crippen LogP contribution < -0.4 is 0 Å². The van der Waals surface area contributed by atoms with Crippen LogP contribution in [0.4, 0.5) is 0 Å². The maximum Gasteiger partial charge on any atom is 0.124 e. The van der Waals surface area contributed by atoms with Gasteiger partial charge in [-0.05, 0) is 45.0 Å². The summed E-state index contributed by atoms with van der Waals surface area (Å²) >= 11 is 1.73. The lowest BCUT2D eigenvalue weighted by Gasteiger charge is -2.18. The summed E-state index contributed by atoms with van der Waals surface area (Å²) in [5.74, 6) is 0. The van der Waals surface area contributed by atoms with Crippen molar-refractivity contribution in [2.24, 2.45) is 0 Å². The summed E-state index contributed by atoms with van der Waals surface area (Å²) in [4.78, 5) is 4.76. The smallest absolute Gasteiger partial charge is 0.124 e. The van der Waals surface area contributed by atoms with Gasteiger partial charge < -0.3 is 0 Å². The molecule has 2 aromatic carbocycles. The van der Waals surface area contributed by atoms with Crippen LogP contribution in [0.1, 0.15) is 20.8 Å². The molecule has 2 aromatic heterocycles. The highest BCUT2D eigenvalue weighted by atomic mass is 32.1. The van der Waals surface area contributed by atoms with Crippen molar-refractivity contribution in [3.63, 3.8) is 0 Å². The van der Waals surface area contributed by atoms with Gasteiger partial charge in [0.2, 0.25) is 0 Å². The van der Waals surface area contributed by atoms with Gasteiger partial charge >= 0.3 is 0 Å². The molecule has 0 aliphatic rings. The Labute approximate surface area is 145 Å². The molecule has 4 aromatic rings. The topological polar surface area (TPSA) is 30.7 Å². The van der Waals surface area contributed by atoms with E-state index < -0.39 is 0 Å². The van der Waals surface area contributed by atoms with Crippen molar-refractivity contribution < 1.29 is 0 Å². The van der Waals surface area contributed by atoms with E-state index in [1.807, 2.05) is 16.9 Å². The quantitative estimate of drug-likeness (QED) is 0.479. The molecule has 0 atom stereocenters. The van der Waals surface area contributed by atoms with Crippen molar-refractivity contribution in [3.8, 4) is 21.8 Å². The Bertz CT molecular complexity index is 972. The van der Waals surface area contributed by atoms with Gasteiger partial charge in [0, 0.05) is 17.3 Å². The van der Waals surface area contributed by atoms with E-state index in [4.69, 9.17) is 10.1 Å². The van der Waals surface area contributed by atoms with Crippen LogP contribution in [0.3, 0.4) is 0 Å². The monoisotopic (exact) mass is 333 g/mol. The first-order valence-corrected chi connectivity index (χ1v) is 8.85. The minimum Gasteiger partial charge on any atom is -0.267 e. The van der Waals surface area contributed by atoms with E-state index in [0.717, 1.165) is 27.3 Å². The maximum atomic E-state index is 4.76. The molecule has 0 amide bonds. The first-order chi connectivity index (χ1) is 11.5. The molecular weight excluding hydrogens is 314 g/mol. The first kappa shape index (κ1) is 15.1. The van der Waals surface area contributed by atoms with Crippen molar-refractivity contribution in [1.29, 1.82) is 0 Å². The summed E-state index contributed by atoms with van der Waals surface area (Å²) in [5, 5.41) is 5.78. The SMILES string of the molecule is CC(C)(C)n1ccc(-c2cccc(-c3nc4ccccc4s3)c2)n1. The summed E-state index contributed by atoms with van der Waals surface area (Å²) in [5.41, 5.74) is 4.30. The van der Waals surface area contributed by atoms with Crippen LogP contribution in [-0.4, -0.2) is 14.8 Å². The van der Waals surface area contributed by atoms with E-state index in [2.05, 4.69) is 69.3 Å². The Hall–Kier alpha value is -2.46. The highest BCUT2D eigenvalue weighted by Gasteiger charge is 2.15. The van der Waals surface area contributed by atoms with Gasteiger partial charge in [-0.15, -0.1) is 11.3 Å². The van der Waals surface area contributed by atoms with E-state index in [9.17, 15) is 0 Å². The lowest BCUT2D eigenvalue weighted by Crippen LogP contribution is -2.22. The van der Waals surface area contributed by atoms with E-state index >= 15 is 0 Å². The largest absolute Gasteiger partial charge is 0.267 e. The molecule has 0 radical (unpaired) electrons. The number of nitrogens with zero attached hydrogens (tertiary/aromatic N) is 3. The number of thiazole rings is 1. The molecule has 0 aliphatic heterocycles. The molecule has 0 saturated heterocycles. The third-order valence-corrected chi connectivity index (χ3v) is 5.06. The van der Waals surface area contributed by atoms with E-state index in [-0.39, 0.29) is 5.54 Å². The predicted molar refractivity (Wildman–Crippen MR) is 101 cm³/mol. The fourth-order valence-corrected chi connectivity index (χ4v) is 3.62. The fraction of sp³-hybridized carbons (Fsp3) is 0.200. The third kappa shape index (κ3) is 2.74. The second kappa shape index (κ2) is 5.56. The van der Waals surface area contributed by atoms with Gasteiger partial charge in [-0.1, -0.05) is 30.3 Å². The van der Waals surface area contributed by atoms with Gasteiger partial charge in [0.1, 0.15) is 5.01 Å². The highest BCUT2D eigenvalue weighted by molar-refractivity contribution is 7.21. The van der Waals surface area contributed by atoms with E-state index in [1.54, 1.807) is 11.3 Å². The Morgan fingerprint density at radius 3 is 2.46 bits per heavy atom. The van der Waals surface area contributed by atoms with Crippen molar-refractivity contribution >= 4 is 21.6 Å². The molecule has 3 nitrogen and oxygen atoms in total. The lowest BCUT2D eigenvalue weighted by molar-refractivity contribution is 0.356. The van der Waals surface area contributed by atoms with Gasteiger partial charge in [0.05, 0.1) is 21.4 Å². The molecule has 0 saturated carbocycles.